The van der Waals surface area contributed by atoms with Gasteiger partial charge in [0.25, 0.3) is 0 Å². The molecule has 0 heterocycles. The van der Waals surface area contributed by atoms with E-state index in [2.05, 4.69) is 10.1 Å². The van der Waals surface area contributed by atoms with Gasteiger partial charge in [-0.1, -0.05) is 34.8 Å². The number of hydrogen-bond donors (Lipinski definition) is 1. The van der Waals surface area contributed by atoms with Crippen molar-refractivity contribution in [1.82, 2.24) is 4.90 Å². The second-order valence-corrected chi connectivity index (χ2v) is 5.29. The zero-order valence-corrected chi connectivity index (χ0v) is 13.1. The van der Waals surface area contributed by atoms with Gasteiger partial charge in [0, 0.05) is 5.02 Å². The summed E-state index contributed by atoms with van der Waals surface area (Å²) in [6.45, 7) is -0.00358. The second kappa shape index (κ2) is 7.69. The molecule has 0 aliphatic carbocycles. The highest BCUT2D eigenvalue weighted by Gasteiger charge is 2.14. The van der Waals surface area contributed by atoms with Gasteiger partial charge >= 0.3 is 5.97 Å². The van der Waals surface area contributed by atoms with Crippen molar-refractivity contribution in [3.63, 3.8) is 0 Å². The first kappa shape index (κ1) is 17.0. The van der Waals surface area contributed by atoms with Gasteiger partial charge in [0.1, 0.15) is 0 Å². The van der Waals surface area contributed by atoms with Crippen LogP contribution < -0.4 is 5.32 Å². The van der Waals surface area contributed by atoms with Crippen molar-refractivity contribution < 1.29 is 14.3 Å². The van der Waals surface area contributed by atoms with Crippen molar-refractivity contribution in [3.8, 4) is 0 Å². The highest BCUT2D eigenvalue weighted by atomic mass is 35.5. The first-order chi connectivity index (χ1) is 9.33. The van der Waals surface area contributed by atoms with Crippen LogP contribution in [0.2, 0.25) is 15.1 Å². The molecule has 0 bridgehead atoms. The number of nitrogens with zero attached hydrogens (tertiary/aromatic N) is 1. The van der Waals surface area contributed by atoms with Gasteiger partial charge in [0.15, 0.2) is 0 Å². The van der Waals surface area contributed by atoms with Gasteiger partial charge in [0.2, 0.25) is 5.91 Å². The quantitative estimate of drug-likeness (QED) is 0.838. The number of ether oxygens (including phenoxy) is 1. The van der Waals surface area contributed by atoms with Gasteiger partial charge in [-0.15, -0.1) is 0 Å². The van der Waals surface area contributed by atoms with Crippen molar-refractivity contribution in [3.05, 3.63) is 27.2 Å². The van der Waals surface area contributed by atoms with Crippen LogP contribution in [-0.2, 0) is 14.3 Å². The van der Waals surface area contributed by atoms with Gasteiger partial charge in [-0.3, -0.25) is 14.5 Å². The number of methoxy groups -OCH3 is 1. The maximum atomic E-state index is 11.8. The lowest BCUT2D eigenvalue weighted by atomic mass is 10.3. The van der Waals surface area contributed by atoms with Crippen LogP contribution in [0.4, 0.5) is 5.69 Å². The molecule has 1 aromatic rings. The number of rotatable bonds is 5. The molecule has 1 N–H and O–H groups in total. The van der Waals surface area contributed by atoms with Crippen LogP contribution in [-0.4, -0.2) is 44.0 Å². The Morgan fingerprint density at radius 1 is 1.20 bits per heavy atom. The van der Waals surface area contributed by atoms with E-state index in [1.54, 1.807) is 7.05 Å². The predicted molar refractivity (Wildman–Crippen MR) is 79.6 cm³/mol. The molecule has 0 aromatic heterocycles. The number of carbonyl (C=O) groups excluding carboxylic acids is 2. The number of carbonyl (C=O) groups is 2. The molecule has 5 nitrogen and oxygen atoms in total. The summed E-state index contributed by atoms with van der Waals surface area (Å²) >= 11 is 17.7. The number of anilines is 1. The number of amides is 1. The maximum Gasteiger partial charge on any atom is 0.319 e. The van der Waals surface area contributed by atoms with Gasteiger partial charge in [-0.2, -0.15) is 0 Å². The Morgan fingerprint density at radius 2 is 1.75 bits per heavy atom. The fourth-order valence-corrected chi connectivity index (χ4v) is 2.34. The minimum atomic E-state index is -0.428. The molecular formula is C12H13Cl3N2O3. The third kappa shape index (κ3) is 5.17. The summed E-state index contributed by atoms with van der Waals surface area (Å²) in [4.78, 5) is 24.4. The molecule has 1 amide bonds. The van der Waals surface area contributed by atoms with E-state index in [1.807, 2.05) is 0 Å². The molecule has 0 aliphatic heterocycles. The summed E-state index contributed by atoms with van der Waals surface area (Å²) in [7, 11) is 2.89. The first-order valence-electron chi connectivity index (χ1n) is 5.53. The normalized spacial score (nSPS) is 10.5. The SMILES string of the molecule is COC(=O)CN(C)CC(=O)Nc1c(Cl)cc(Cl)cc1Cl. The zero-order valence-electron chi connectivity index (χ0n) is 10.9. The zero-order chi connectivity index (χ0) is 15.3. The molecule has 0 spiro atoms. The van der Waals surface area contributed by atoms with Crippen LogP contribution in [0.15, 0.2) is 12.1 Å². The van der Waals surface area contributed by atoms with E-state index in [-0.39, 0.29) is 34.7 Å². The highest BCUT2D eigenvalue weighted by molar-refractivity contribution is 6.42. The minimum Gasteiger partial charge on any atom is -0.468 e. The molecule has 0 radical (unpaired) electrons. The third-order valence-electron chi connectivity index (χ3n) is 2.31. The van der Waals surface area contributed by atoms with Crippen LogP contribution in [0, 0.1) is 0 Å². The van der Waals surface area contributed by atoms with Crippen LogP contribution in [0.3, 0.4) is 0 Å². The molecule has 0 aliphatic rings. The first-order valence-corrected chi connectivity index (χ1v) is 6.66. The van der Waals surface area contributed by atoms with E-state index in [4.69, 9.17) is 34.8 Å². The van der Waals surface area contributed by atoms with E-state index in [9.17, 15) is 9.59 Å². The number of benzene rings is 1. The molecule has 8 heteroatoms. The molecule has 0 atom stereocenters. The van der Waals surface area contributed by atoms with Gasteiger partial charge < -0.3 is 10.1 Å². The lowest BCUT2D eigenvalue weighted by Crippen LogP contribution is -2.34. The Labute approximate surface area is 131 Å². The van der Waals surface area contributed by atoms with Gasteiger partial charge in [-0.05, 0) is 19.2 Å². The van der Waals surface area contributed by atoms with Crippen molar-refractivity contribution in [1.29, 1.82) is 0 Å². The van der Waals surface area contributed by atoms with E-state index < -0.39 is 5.97 Å². The molecular weight excluding hydrogens is 327 g/mol. The standard InChI is InChI=1S/C12H13Cl3N2O3/c1-17(6-11(19)20-2)5-10(18)16-12-8(14)3-7(13)4-9(12)15/h3-4H,5-6H2,1-2H3,(H,16,18). The number of halogens is 3. The predicted octanol–water partition coefficient (Wildman–Crippen LogP) is 2.69. The molecule has 110 valence electrons. The Hall–Kier alpha value is -1.01. The smallest absolute Gasteiger partial charge is 0.319 e. The Balaban J connectivity index is 2.65. The fourth-order valence-electron chi connectivity index (χ4n) is 1.43. The van der Waals surface area contributed by atoms with Crippen LogP contribution >= 0.6 is 34.8 Å². The molecule has 0 saturated heterocycles. The molecule has 0 unspecified atom stereocenters. The van der Waals surface area contributed by atoms with E-state index in [0.717, 1.165) is 0 Å². The summed E-state index contributed by atoms with van der Waals surface area (Å²) < 4.78 is 4.50. The second-order valence-electron chi connectivity index (χ2n) is 4.04. The van der Waals surface area contributed by atoms with E-state index in [1.165, 1.54) is 24.1 Å². The van der Waals surface area contributed by atoms with Gasteiger partial charge in [-0.25, -0.2) is 0 Å². The molecule has 1 rings (SSSR count). The average Bonchev–Trinajstić information content (AvgIpc) is 2.33. The van der Waals surface area contributed by atoms with Crippen molar-refractivity contribution >= 4 is 52.4 Å². The summed E-state index contributed by atoms with van der Waals surface area (Å²) in [6.07, 6.45) is 0. The van der Waals surface area contributed by atoms with Crippen LogP contribution in [0.5, 0.6) is 0 Å². The van der Waals surface area contributed by atoms with Crippen molar-refractivity contribution in [2.24, 2.45) is 0 Å². The maximum absolute atomic E-state index is 11.8. The summed E-state index contributed by atoms with van der Waals surface area (Å²) in [5, 5.41) is 3.43. The largest absolute Gasteiger partial charge is 0.468 e. The summed E-state index contributed by atoms with van der Waals surface area (Å²) in [5.41, 5.74) is 0.286. The summed E-state index contributed by atoms with van der Waals surface area (Å²) in [5.74, 6) is -0.787. The topological polar surface area (TPSA) is 58.6 Å². The number of likely N-dealkylation sites (N-methyl/N-ethyl adjacent to an activating group) is 1. The monoisotopic (exact) mass is 338 g/mol. The van der Waals surface area contributed by atoms with E-state index >= 15 is 0 Å². The van der Waals surface area contributed by atoms with E-state index in [0.29, 0.717) is 5.02 Å². The van der Waals surface area contributed by atoms with Gasteiger partial charge in [0.05, 0.1) is 35.9 Å². The lowest BCUT2D eigenvalue weighted by molar-refractivity contribution is -0.141. The van der Waals surface area contributed by atoms with Crippen LogP contribution in [0.25, 0.3) is 0 Å². The molecule has 1 aromatic carbocycles. The molecule has 20 heavy (non-hydrogen) atoms. The fraction of sp³-hybridized carbons (Fsp3) is 0.333. The van der Waals surface area contributed by atoms with Crippen molar-refractivity contribution in [2.75, 3.05) is 32.6 Å². The number of esters is 1. The lowest BCUT2D eigenvalue weighted by Gasteiger charge is -2.15. The highest BCUT2D eigenvalue weighted by Crippen LogP contribution is 2.33. The summed E-state index contributed by atoms with van der Waals surface area (Å²) in [6, 6.07) is 2.95. The number of nitrogens with one attached hydrogen (secondary N) is 1. The third-order valence-corrected chi connectivity index (χ3v) is 3.13. The Morgan fingerprint density at radius 3 is 2.25 bits per heavy atom. The Kier molecular flexibility index (Phi) is 6.55. The molecule has 0 fully saturated rings. The average molecular weight is 340 g/mol. The number of hydrogen-bond acceptors (Lipinski definition) is 4. The minimum absolute atomic E-state index is 0.00595. The van der Waals surface area contributed by atoms with Crippen LogP contribution in [0.1, 0.15) is 0 Å². The Bertz CT molecular complexity index is 500. The van der Waals surface area contributed by atoms with Crippen molar-refractivity contribution in [2.45, 2.75) is 0 Å². The molecule has 0 saturated carbocycles.